The molecule has 0 aliphatic rings. The normalized spacial score (nSPS) is 10.3. The third-order valence-electron chi connectivity index (χ3n) is 1.59. The summed E-state index contributed by atoms with van der Waals surface area (Å²) in [6.45, 7) is 0. The van der Waals surface area contributed by atoms with Gasteiger partial charge in [0.1, 0.15) is 11.6 Å². The fourth-order valence-corrected chi connectivity index (χ4v) is 1.11. The minimum absolute atomic E-state index is 0.0314. The summed E-state index contributed by atoms with van der Waals surface area (Å²) in [6, 6.07) is 1.45. The molecule has 0 saturated heterocycles. The molecule has 6 heteroatoms. The van der Waals surface area contributed by atoms with Crippen molar-refractivity contribution in [2.75, 3.05) is 0 Å². The zero-order valence-corrected chi connectivity index (χ0v) is 7.52. The molecule has 1 heterocycles. The van der Waals surface area contributed by atoms with Crippen molar-refractivity contribution >= 4 is 11.6 Å². The fraction of sp³-hybridized carbons (Fsp3) is 0.250. The summed E-state index contributed by atoms with van der Waals surface area (Å²) in [5.41, 5.74) is -1.43. The van der Waals surface area contributed by atoms with Crippen molar-refractivity contribution < 1.29 is 13.2 Å². The average molecular weight is 221 g/mol. The molecule has 0 aromatic carbocycles. The Balaban J connectivity index is 3.37. The molecule has 1 aromatic heterocycles. The van der Waals surface area contributed by atoms with Crippen molar-refractivity contribution in [3.05, 3.63) is 28.8 Å². The molecular formula is C8H4ClF3N2. The van der Waals surface area contributed by atoms with Crippen LogP contribution in [0.3, 0.4) is 0 Å². The van der Waals surface area contributed by atoms with Gasteiger partial charge in [0.25, 0.3) is 6.43 Å². The SMILES string of the molecule is N#Cc1c(CCl)ncc(C(F)F)c1F. The summed E-state index contributed by atoms with van der Waals surface area (Å²) >= 11 is 5.35. The van der Waals surface area contributed by atoms with Crippen LogP contribution in [0.4, 0.5) is 13.2 Å². The molecular weight excluding hydrogens is 217 g/mol. The highest BCUT2D eigenvalue weighted by Crippen LogP contribution is 2.24. The van der Waals surface area contributed by atoms with Gasteiger partial charge in [-0.15, -0.1) is 11.6 Å². The van der Waals surface area contributed by atoms with Crippen LogP contribution >= 0.6 is 11.6 Å². The Kier molecular flexibility index (Phi) is 3.31. The molecule has 14 heavy (non-hydrogen) atoms. The maximum absolute atomic E-state index is 13.2. The second-order valence-electron chi connectivity index (χ2n) is 2.40. The van der Waals surface area contributed by atoms with Crippen LogP contribution in [0.1, 0.15) is 23.2 Å². The van der Waals surface area contributed by atoms with E-state index in [-0.39, 0.29) is 11.6 Å². The lowest BCUT2D eigenvalue weighted by Crippen LogP contribution is -2.01. The van der Waals surface area contributed by atoms with E-state index in [0.717, 1.165) is 0 Å². The Labute approximate surface area is 82.9 Å². The second kappa shape index (κ2) is 4.29. The molecule has 0 atom stereocenters. The number of halogens is 4. The quantitative estimate of drug-likeness (QED) is 0.719. The maximum atomic E-state index is 13.2. The summed E-state index contributed by atoms with van der Waals surface area (Å²) in [5.74, 6) is -1.43. The number of hydrogen-bond donors (Lipinski definition) is 0. The molecule has 0 radical (unpaired) electrons. The van der Waals surface area contributed by atoms with Crippen molar-refractivity contribution in [1.82, 2.24) is 4.98 Å². The van der Waals surface area contributed by atoms with E-state index in [1.807, 2.05) is 0 Å². The maximum Gasteiger partial charge on any atom is 0.268 e. The largest absolute Gasteiger partial charge is 0.268 e. The van der Waals surface area contributed by atoms with Gasteiger partial charge in [0.05, 0.1) is 17.1 Å². The van der Waals surface area contributed by atoms with Crippen LogP contribution in [-0.4, -0.2) is 4.98 Å². The zero-order valence-electron chi connectivity index (χ0n) is 6.77. The number of pyridine rings is 1. The third-order valence-corrected chi connectivity index (χ3v) is 1.85. The minimum atomic E-state index is -2.99. The van der Waals surface area contributed by atoms with E-state index in [1.165, 1.54) is 6.07 Å². The van der Waals surface area contributed by atoms with Gasteiger partial charge in [-0.3, -0.25) is 4.98 Å². The summed E-state index contributed by atoms with van der Waals surface area (Å²) in [4.78, 5) is 3.48. The predicted octanol–water partition coefficient (Wildman–Crippen LogP) is 2.77. The monoisotopic (exact) mass is 220 g/mol. The summed E-state index contributed by atoms with van der Waals surface area (Å²) in [7, 11) is 0. The molecule has 0 spiro atoms. The molecule has 0 aliphatic heterocycles. The van der Waals surface area contributed by atoms with E-state index < -0.39 is 23.4 Å². The predicted molar refractivity (Wildman–Crippen MR) is 43.4 cm³/mol. The van der Waals surface area contributed by atoms with Crippen molar-refractivity contribution in [2.45, 2.75) is 12.3 Å². The standard InChI is InChI=1S/C8H4ClF3N2/c9-1-6-4(2-13)7(10)5(3-14-6)8(11)12/h3,8H,1H2. The number of nitriles is 1. The summed E-state index contributed by atoms with van der Waals surface area (Å²) < 4.78 is 37.5. The van der Waals surface area contributed by atoms with Crippen molar-refractivity contribution in [3.63, 3.8) is 0 Å². The lowest BCUT2D eigenvalue weighted by molar-refractivity contribution is 0.145. The first kappa shape index (κ1) is 10.8. The molecule has 2 nitrogen and oxygen atoms in total. The molecule has 0 bridgehead atoms. The Morgan fingerprint density at radius 1 is 1.57 bits per heavy atom. The Morgan fingerprint density at radius 2 is 2.21 bits per heavy atom. The molecule has 0 saturated carbocycles. The van der Waals surface area contributed by atoms with Crippen molar-refractivity contribution in [1.29, 1.82) is 5.26 Å². The molecule has 1 aromatic rings. The number of nitrogens with zero attached hydrogens (tertiary/aromatic N) is 2. The number of aromatic nitrogens is 1. The Hall–Kier alpha value is -1.28. The van der Waals surface area contributed by atoms with Gasteiger partial charge in [-0.05, 0) is 0 Å². The van der Waals surface area contributed by atoms with Gasteiger partial charge in [0.15, 0.2) is 5.82 Å². The Morgan fingerprint density at radius 3 is 2.64 bits per heavy atom. The molecule has 0 amide bonds. The average Bonchev–Trinajstić information content (AvgIpc) is 2.16. The van der Waals surface area contributed by atoms with Gasteiger partial charge in [0.2, 0.25) is 0 Å². The molecule has 0 N–H and O–H groups in total. The summed E-state index contributed by atoms with van der Waals surface area (Å²) in [6.07, 6.45) is -2.29. The van der Waals surface area contributed by atoms with Gasteiger partial charge in [0, 0.05) is 6.20 Å². The minimum Gasteiger partial charge on any atom is -0.258 e. The Bertz CT molecular complexity index is 387. The van der Waals surface area contributed by atoms with Crippen LogP contribution in [0.25, 0.3) is 0 Å². The molecule has 1 rings (SSSR count). The van der Waals surface area contributed by atoms with Crippen LogP contribution in [0.15, 0.2) is 6.20 Å². The van der Waals surface area contributed by atoms with Crippen LogP contribution in [0, 0.1) is 17.1 Å². The van der Waals surface area contributed by atoms with E-state index in [2.05, 4.69) is 4.98 Å². The molecule has 0 unspecified atom stereocenters. The van der Waals surface area contributed by atoms with Crippen molar-refractivity contribution in [3.8, 4) is 6.07 Å². The number of alkyl halides is 3. The third kappa shape index (κ3) is 1.80. The van der Waals surface area contributed by atoms with Crippen LogP contribution in [0.2, 0.25) is 0 Å². The van der Waals surface area contributed by atoms with Crippen molar-refractivity contribution in [2.24, 2.45) is 0 Å². The number of hydrogen-bond acceptors (Lipinski definition) is 2. The highest BCUT2D eigenvalue weighted by molar-refractivity contribution is 6.17. The van der Waals surface area contributed by atoms with Gasteiger partial charge in [-0.1, -0.05) is 0 Å². The highest BCUT2D eigenvalue weighted by atomic mass is 35.5. The van der Waals surface area contributed by atoms with E-state index >= 15 is 0 Å². The van der Waals surface area contributed by atoms with E-state index in [0.29, 0.717) is 6.20 Å². The van der Waals surface area contributed by atoms with E-state index in [9.17, 15) is 13.2 Å². The van der Waals surface area contributed by atoms with Crippen LogP contribution in [-0.2, 0) is 5.88 Å². The van der Waals surface area contributed by atoms with Crippen LogP contribution in [0.5, 0.6) is 0 Å². The van der Waals surface area contributed by atoms with E-state index in [4.69, 9.17) is 16.9 Å². The smallest absolute Gasteiger partial charge is 0.258 e. The van der Waals surface area contributed by atoms with Gasteiger partial charge in [-0.25, -0.2) is 13.2 Å². The van der Waals surface area contributed by atoms with Gasteiger partial charge in [-0.2, -0.15) is 5.26 Å². The molecule has 74 valence electrons. The molecule has 0 aliphatic carbocycles. The lowest BCUT2D eigenvalue weighted by atomic mass is 10.1. The lowest BCUT2D eigenvalue weighted by Gasteiger charge is -2.05. The second-order valence-corrected chi connectivity index (χ2v) is 2.66. The number of rotatable bonds is 2. The topological polar surface area (TPSA) is 36.7 Å². The van der Waals surface area contributed by atoms with Gasteiger partial charge >= 0.3 is 0 Å². The fourth-order valence-electron chi connectivity index (χ4n) is 0.907. The molecule has 0 fully saturated rings. The summed E-state index contributed by atoms with van der Waals surface area (Å²) in [5, 5.41) is 8.50. The first-order valence-electron chi connectivity index (χ1n) is 3.53. The first-order chi connectivity index (χ1) is 6.61. The first-order valence-corrected chi connectivity index (χ1v) is 4.06. The van der Waals surface area contributed by atoms with E-state index in [1.54, 1.807) is 0 Å². The van der Waals surface area contributed by atoms with Gasteiger partial charge < -0.3 is 0 Å². The highest BCUT2D eigenvalue weighted by Gasteiger charge is 2.19. The zero-order chi connectivity index (χ0) is 10.7. The van der Waals surface area contributed by atoms with Crippen LogP contribution < -0.4 is 0 Å².